The van der Waals surface area contributed by atoms with Gasteiger partial charge in [0.1, 0.15) is 5.92 Å². The first-order valence-corrected chi connectivity index (χ1v) is 8.00. The number of hydrogen-bond acceptors (Lipinski definition) is 6. The fourth-order valence-corrected chi connectivity index (χ4v) is 4.12. The quantitative estimate of drug-likeness (QED) is 0.495. The van der Waals surface area contributed by atoms with Gasteiger partial charge < -0.3 is 10.1 Å². The highest BCUT2D eigenvalue weighted by molar-refractivity contribution is 7.99. The van der Waals surface area contributed by atoms with Gasteiger partial charge in [-0.1, -0.05) is 42.3 Å². The minimum Gasteiger partial charge on any atom is -0.465 e. The van der Waals surface area contributed by atoms with Gasteiger partial charge in [-0.2, -0.15) is 0 Å². The van der Waals surface area contributed by atoms with Crippen molar-refractivity contribution in [3.8, 4) is 0 Å². The van der Waals surface area contributed by atoms with Crippen molar-refractivity contribution in [2.75, 3.05) is 13.2 Å². The van der Waals surface area contributed by atoms with Gasteiger partial charge in [0, 0.05) is 12.6 Å². The van der Waals surface area contributed by atoms with Crippen LogP contribution in [-0.4, -0.2) is 36.2 Å². The lowest BCUT2D eigenvalue weighted by Gasteiger charge is -2.31. The average molecular weight is 306 g/mol. The van der Waals surface area contributed by atoms with Crippen molar-refractivity contribution in [3.05, 3.63) is 35.9 Å². The summed E-state index contributed by atoms with van der Waals surface area (Å²) in [5, 5.41) is 3.09. The molecule has 3 rings (SSSR count). The van der Waals surface area contributed by atoms with E-state index in [-0.39, 0.29) is 23.1 Å². The highest BCUT2D eigenvalue weighted by Crippen LogP contribution is 2.37. The van der Waals surface area contributed by atoms with Crippen LogP contribution in [-0.2, 0) is 14.3 Å². The van der Waals surface area contributed by atoms with Gasteiger partial charge in [0.05, 0.1) is 17.9 Å². The number of nitrogens with one attached hydrogen (secondary N) is 2. The zero-order chi connectivity index (χ0) is 14.8. The SMILES string of the molecule is CCOC(=O)C1CNC2C(SNC2c2ccccc2)C1=O. The summed E-state index contributed by atoms with van der Waals surface area (Å²) in [7, 11) is 0. The monoisotopic (exact) mass is 306 g/mol. The Kier molecular flexibility index (Phi) is 4.28. The molecule has 0 amide bonds. The van der Waals surface area contributed by atoms with E-state index in [2.05, 4.69) is 10.0 Å². The van der Waals surface area contributed by atoms with Crippen molar-refractivity contribution in [2.24, 2.45) is 5.92 Å². The van der Waals surface area contributed by atoms with Gasteiger partial charge in [-0.3, -0.25) is 14.3 Å². The third-order valence-corrected chi connectivity index (χ3v) is 5.09. The van der Waals surface area contributed by atoms with E-state index in [4.69, 9.17) is 4.74 Å². The molecule has 4 unspecified atom stereocenters. The van der Waals surface area contributed by atoms with Crippen LogP contribution in [0.3, 0.4) is 0 Å². The van der Waals surface area contributed by atoms with Crippen LogP contribution in [0.15, 0.2) is 30.3 Å². The van der Waals surface area contributed by atoms with Crippen molar-refractivity contribution in [3.63, 3.8) is 0 Å². The first-order chi connectivity index (χ1) is 10.2. The van der Waals surface area contributed by atoms with Gasteiger partial charge in [0.2, 0.25) is 0 Å². The van der Waals surface area contributed by atoms with Crippen LogP contribution in [0, 0.1) is 5.92 Å². The molecule has 0 spiro atoms. The summed E-state index contributed by atoms with van der Waals surface area (Å²) in [6.45, 7) is 2.40. The van der Waals surface area contributed by atoms with E-state index >= 15 is 0 Å². The standard InChI is InChI=1S/C15H18N2O3S/c1-2-20-15(19)10-8-16-12-11(9-6-4-3-5-7-9)17-21-14(12)13(10)18/h3-7,10-12,14,16-17H,2,8H2,1H3. The van der Waals surface area contributed by atoms with Crippen LogP contribution in [0.2, 0.25) is 0 Å². The molecule has 1 aromatic rings. The van der Waals surface area contributed by atoms with Gasteiger partial charge in [0.25, 0.3) is 0 Å². The number of carbonyl (C=O) groups excluding carboxylic acids is 2. The predicted molar refractivity (Wildman–Crippen MR) is 80.6 cm³/mol. The molecule has 0 bridgehead atoms. The maximum atomic E-state index is 12.5. The number of ketones is 1. The Morgan fingerprint density at radius 3 is 2.86 bits per heavy atom. The molecule has 2 saturated heterocycles. The Hall–Kier alpha value is -1.37. The topological polar surface area (TPSA) is 67.4 Å². The van der Waals surface area contributed by atoms with Crippen LogP contribution < -0.4 is 10.0 Å². The van der Waals surface area contributed by atoms with E-state index < -0.39 is 11.9 Å². The Bertz CT molecular complexity index is 537. The molecular weight excluding hydrogens is 288 g/mol. The minimum atomic E-state index is -0.685. The number of Topliss-reactive ketones (excluding diaryl/α,β-unsaturated/α-hetero) is 1. The van der Waals surface area contributed by atoms with Crippen LogP contribution in [0.4, 0.5) is 0 Å². The largest absolute Gasteiger partial charge is 0.465 e. The van der Waals surface area contributed by atoms with Crippen LogP contribution in [0.1, 0.15) is 18.5 Å². The molecule has 2 aliphatic rings. The molecule has 1 aromatic carbocycles. The molecule has 0 aliphatic carbocycles. The lowest BCUT2D eigenvalue weighted by Crippen LogP contribution is -2.55. The van der Waals surface area contributed by atoms with Crippen molar-refractivity contribution in [1.29, 1.82) is 0 Å². The lowest BCUT2D eigenvalue weighted by molar-refractivity contribution is -0.152. The average Bonchev–Trinajstić information content (AvgIpc) is 2.93. The predicted octanol–water partition coefficient (Wildman–Crippen LogP) is 1.07. The highest BCUT2D eigenvalue weighted by Gasteiger charge is 2.49. The van der Waals surface area contributed by atoms with E-state index in [1.807, 2.05) is 30.3 Å². The second-order valence-corrected chi connectivity index (χ2v) is 6.16. The first-order valence-electron chi connectivity index (χ1n) is 7.12. The van der Waals surface area contributed by atoms with Gasteiger partial charge in [-0.25, -0.2) is 0 Å². The van der Waals surface area contributed by atoms with Crippen molar-refractivity contribution >= 4 is 23.7 Å². The van der Waals surface area contributed by atoms with E-state index in [0.717, 1.165) is 5.56 Å². The summed E-state index contributed by atoms with van der Waals surface area (Å²) in [5.41, 5.74) is 1.15. The number of carbonyl (C=O) groups is 2. The van der Waals surface area contributed by atoms with Gasteiger partial charge in [-0.05, 0) is 12.5 Å². The molecule has 6 heteroatoms. The fraction of sp³-hybridized carbons (Fsp3) is 0.467. The summed E-state index contributed by atoms with van der Waals surface area (Å²) in [6, 6.07) is 10.1. The summed E-state index contributed by atoms with van der Waals surface area (Å²) in [6.07, 6.45) is 0. The molecule has 2 fully saturated rings. The van der Waals surface area contributed by atoms with Crippen LogP contribution >= 0.6 is 11.9 Å². The van der Waals surface area contributed by atoms with Crippen molar-refractivity contribution in [2.45, 2.75) is 24.3 Å². The first kappa shape index (κ1) is 14.6. The Morgan fingerprint density at radius 2 is 2.14 bits per heavy atom. The van der Waals surface area contributed by atoms with Crippen molar-refractivity contribution in [1.82, 2.24) is 10.0 Å². The molecule has 5 nitrogen and oxygen atoms in total. The van der Waals surface area contributed by atoms with E-state index in [1.54, 1.807) is 6.92 Å². The third kappa shape index (κ3) is 2.71. The maximum Gasteiger partial charge on any atom is 0.317 e. The second kappa shape index (κ2) is 6.17. The zero-order valence-corrected chi connectivity index (χ0v) is 12.6. The molecule has 0 saturated carbocycles. The molecule has 0 aromatic heterocycles. The van der Waals surface area contributed by atoms with Gasteiger partial charge >= 0.3 is 5.97 Å². The van der Waals surface area contributed by atoms with E-state index in [1.165, 1.54) is 11.9 Å². The molecule has 2 N–H and O–H groups in total. The van der Waals surface area contributed by atoms with Crippen molar-refractivity contribution < 1.29 is 14.3 Å². The smallest absolute Gasteiger partial charge is 0.317 e. The third-order valence-electron chi connectivity index (χ3n) is 3.92. The number of rotatable bonds is 3. The van der Waals surface area contributed by atoms with E-state index in [0.29, 0.717) is 13.2 Å². The van der Waals surface area contributed by atoms with Crippen LogP contribution in [0.5, 0.6) is 0 Å². The Balaban J connectivity index is 1.75. The number of hydrogen-bond donors (Lipinski definition) is 2. The molecule has 2 aliphatic heterocycles. The summed E-state index contributed by atoms with van der Waals surface area (Å²) < 4.78 is 8.30. The molecule has 0 radical (unpaired) electrons. The zero-order valence-electron chi connectivity index (χ0n) is 11.7. The summed E-state index contributed by atoms with van der Waals surface area (Å²) in [4.78, 5) is 24.3. The van der Waals surface area contributed by atoms with Gasteiger partial charge in [0.15, 0.2) is 5.78 Å². The number of piperidine rings is 1. The number of fused-ring (bicyclic) bond motifs is 1. The molecular formula is C15H18N2O3S. The lowest BCUT2D eigenvalue weighted by atomic mass is 9.87. The second-order valence-electron chi connectivity index (χ2n) is 5.19. The minimum absolute atomic E-state index is 0.00979. The fourth-order valence-electron chi connectivity index (χ4n) is 2.86. The van der Waals surface area contributed by atoms with E-state index in [9.17, 15) is 9.59 Å². The van der Waals surface area contributed by atoms with Crippen LogP contribution in [0.25, 0.3) is 0 Å². The maximum absolute atomic E-state index is 12.5. The summed E-state index contributed by atoms with van der Waals surface area (Å²) in [5.74, 6) is -1.14. The number of ether oxygens (including phenoxy) is 1. The number of esters is 1. The Labute approximate surface area is 127 Å². The molecule has 112 valence electrons. The molecule has 21 heavy (non-hydrogen) atoms. The van der Waals surface area contributed by atoms with Gasteiger partial charge in [-0.15, -0.1) is 0 Å². The normalized spacial score (nSPS) is 31.8. The molecule has 2 heterocycles. The Morgan fingerprint density at radius 1 is 1.38 bits per heavy atom. The highest BCUT2D eigenvalue weighted by atomic mass is 32.2. The number of benzene rings is 1. The molecule has 4 atom stereocenters. The summed E-state index contributed by atoms with van der Waals surface area (Å²) >= 11 is 1.41.